The number of benzene rings is 3. The molecule has 4 heterocycles. The minimum absolute atomic E-state index is 0.227. The quantitative estimate of drug-likeness (QED) is 0.206. The number of carbonyl (C=O) groups excluding carboxylic acids is 1. The molecule has 12 nitrogen and oxygen atoms in total. The van der Waals surface area contributed by atoms with Crippen molar-refractivity contribution in [3.05, 3.63) is 88.1 Å². The van der Waals surface area contributed by atoms with Crippen molar-refractivity contribution in [1.82, 2.24) is 28.6 Å². The number of carbonyl (C=O) groups is 1. The Morgan fingerprint density at radius 1 is 0.889 bits per heavy atom. The second-order valence-electron chi connectivity index (χ2n) is 14.6. The van der Waals surface area contributed by atoms with Crippen LogP contribution in [-0.4, -0.2) is 112 Å². The minimum Gasteiger partial charge on any atom is -0.369 e. The number of aryl methyl sites for hydroxylation is 1. The van der Waals surface area contributed by atoms with Crippen LogP contribution in [0.3, 0.4) is 0 Å². The number of halogens is 1. The third-order valence-corrected chi connectivity index (χ3v) is 14.2. The van der Waals surface area contributed by atoms with Gasteiger partial charge in [-0.25, -0.2) is 21.1 Å². The molecule has 3 aliphatic rings. The van der Waals surface area contributed by atoms with Crippen molar-refractivity contribution >= 4 is 43.2 Å². The first kappa shape index (κ1) is 38.5. The smallest absolute Gasteiger partial charge is 0.251 e. The molecule has 3 aliphatic heterocycles. The highest BCUT2D eigenvalue weighted by Gasteiger charge is 2.30. The van der Waals surface area contributed by atoms with Crippen LogP contribution in [0.2, 0.25) is 5.02 Å². The first-order valence-electron chi connectivity index (χ1n) is 18.5. The van der Waals surface area contributed by atoms with E-state index in [9.17, 15) is 21.6 Å². The lowest BCUT2D eigenvalue weighted by molar-refractivity contribution is 0.0954. The average Bonchev–Trinajstić information content (AvgIpc) is 3.91. The molecule has 0 saturated carbocycles. The van der Waals surface area contributed by atoms with Gasteiger partial charge in [-0.05, 0) is 92.8 Å². The Labute approximate surface area is 323 Å². The van der Waals surface area contributed by atoms with Crippen molar-refractivity contribution in [3.63, 3.8) is 0 Å². The molecule has 0 unspecified atom stereocenters. The Morgan fingerprint density at radius 2 is 1.69 bits per heavy atom. The summed E-state index contributed by atoms with van der Waals surface area (Å²) in [4.78, 5) is 18.3. The number of hydrogen-bond acceptors (Lipinski definition) is 8. The van der Waals surface area contributed by atoms with Gasteiger partial charge in [-0.1, -0.05) is 35.9 Å². The standard InChI is InChI=1S/C39H48ClN7O5S2/c1-43(2)54(51,52)32-12-10-28-14-21-45(37(28)26-32)23-16-41-39(48)31-9-6-8-29(24-31)33-25-30(11-13-35(33)40)38-34-27-46(53(3,49)50)22-15-36(34)47(42-38)20-7-19-44-17-4-5-18-44/h6,8-13,24-26H,4-5,7,14-23,27H2,1-3H3,(H,41,48). The molecule has 1 amide bonds. The number of likely N-dealkylation sites (tertiary alicyclic amines) is 1. The molecule has 1 saturated heterocycles. The van der Waals surface area contributed by atoms with Gasteiger partial charge < -0.3 is 15.1 Å². The molecular formula is C39H48ClN7O5S2. The van der Waals surface area contributed by atoms with Gasteiger partial charge in [-0.3, -0.25) is 9.48 Å². The number of aromatic nitrogens is 2. The molecule has 7 rings (SSSR count). The summed E-state index contributed by atoms with van der Waals surface area (Å²) in [5, 5.41) is 8.64. The maximum Gasteiger partial charge on any atom is 0.251 e. The van der Waals surface area contributed by atoms with E-state index in [1.54, 1.807) is 18.2 Å². The molecule has 0 bridgehead atoms. The monoisotopic (exact) mass is 793 g/mol. The van der Waals surface area contributed by atoms with Crippen LogP contribution < -0.4 is 10.2 Å². The molecular weight excluding hydrogens is 746 g/mol. The zero-order valence-corrected chi connectivity index (χ0v) is 33.5. The zero-order valence-electron chi connectivity index (χ0n) is 31.1. The number of amides is 1. The average molecular weight is 794 g/mol. The van der Waals surface area contributed by atoms with E-state index in [4.69, 9.17) is 16.7 Å². The Bertz CT molecular complexity index is 2270. The first-order valence-corrected chi connectivity index (χ1v) is 22.2. The largest absolute Gasteiger partial charge is 0.369 e. The summed E-state index contributed by atoms with van der Waals surface area (Å²) in [6.45, 7) is 6.41. The van der Waals surface area contributed by atoms with Gasteiger partial charge in [-0.15, -0.1) is 0 Å². The molecule has 1 aromatic heterocycles. The lowest BCUT2D eigenvalue weighted by atomic mass is 9.97. The molecule has 4 aromatic rings. The predicted molar refractivity (Wildman–Crippen MR) is 213 cm³/mol. The molecule has 3 aromatic carbocycles. The summed E-state index contributed by atoms with van der Waals surface area (Å²) in [6, 6.07) is 18.3. The molecule has 0 spiro atoms. The van der Waals surface area contributed by atoms with Crippen molar-refractivity contribution in [2.75, 3.05) is 71.1 Å². The van der Waals surface area contributed by atoms with Crippen LogP contribution in [-0.2, 0) is 46.0 Å². The van der Waals surface area contributed by atoms with Gasteiger partial charge in [0.2, 0.25) is 20.0 Å². The van der Waals surface area contributed by atoms with Gasteiger partial charge in [0.15, 0.2) is 0 Å². The fraction of sp³-hybridized carbons (Fsp3) is 0.436. The van der Waals surface area contributed by atoms with Gasteiger partial charge in [-0.2, -0.15) is 9.40 Å². The van der Waals surface area contributed by atoms with Crippen LogP contribution in [0.1, 0.15) is 46.4 Å². The number of hydrogen-bond donors (Lipinski definition) is 1. The molecule has 1 N–H and O–H groups in total. The molecule has 54 heavy (non-hydrogen) atoms. The number of anilines is 1. The van der Waals surface area contributed by atoms with Crippen LogP contribution >= 0.6 is 11.6 Å². The lowest BCUT2D eigenvalue weighted by Gasteiger charge is -2.26. The third-order valence-electron chi connectivity index (χ3n) is 10.8. The second-order valence-corrected chi connectivity index (χ2v) is 19.1. The highest BCUT2D eigenvalue weighted by atomic mass is 35.5. The Kier molecular flexibility index (Phi) is 11.2. The van der Waals surface area contributed by atoms with Gasteiger partial charge >= 0.3 is 0 Å². The fourth-order valence-corrected chi connectivity index (χ4v) is 9.71. The first-order chi connectivity index (χ1) is 25.8. The summed E-state index contributed by atoms with van der Waals surface area (Å²) in [7, 11) is -3.91. The summed E-state index contributed by atoms with van der Waals surface area (Å²) in [6.07, 6.45) is 6.13. The number of nitrogens with zero attached hydrogens (tertiary/aromatic N) is 6. The number of fused-ring (bicyclic) bond motifs is 2. The van der Waals surface area contributed by atoms with Gasteiger partial charge in [0.05, 0.1) is 16.8 Å². The normalized spacial score (nSPS) is 16.6. The van der Waals surface area contributed by atoms with Crippen LogP contribution in [0.25, 0.3) is 22.4 Å². The van der Waals surface area contributed by atoms with E-state index < -0.39 is 20.0 Å². The van der Waals surface area contributed by atoms with E-state index in [0.717, 1.165) is 90.5 Å². The Morgan fingerprint density at radius 3 is 2.44 bits per heavy atom. The SMILES string of the molecule is CN(C)S(=O)(=O)c1ccc2c(c1)N(CCNC(=O)c1cccc(-c3cc(-c4nn(CCCN5CCCC5)c5c4CN(S(C)(=O)=O)CC5)ccc3Cl)c1)CC2. The van der Waals surface area contributed by atoms with E-state index in [0.29, 0.717) is 36.6 Å². The van der Waals surface area contributed by atoms with Gasteiger partial charge in [0.25, 0.3) is 5.91 Å². The molecule has 288 valence electrons. The van der Waals surface area contributed by atoms with E-state index in [2.05, 4.69) is 19.8 Å². The minimum atomic E-state index is -3.56. The highest BCUT2D eigenvalue weighted by molar-refractivity contribution is 7.89. The predicted octanol–water partition coefficient (Wildman–Crippen LogP) is 4.72. The number of rotatable bonds is 13. The van der Waals surface area contributed by atoms with Crippen LogP contribution in [0, 0.1) is 0 Å². The summed E-state index contributed by atoms with van der Waals surface area (Å²) >= 11 is 6.80. The lowest BCUT2D eigenvalue weighted by Crippen LogP contribution is -2.35. The van der Waals surface area contributed by atoms with E-state index >= 15 is 0 Å². The Balaban J connectivity index is 1.08. The molecule has 15 heteroatoms. The summed E-state index contributed by atoms with van der Waals surface area (Å²) in [5.74, 6) is -0.227. The Hall–Kier alpha value is -3.79. The van der Waals surface area contributed by atoms with Crippen LogP contribution in [0.5, 0.6) is 0 Å². The van der Waals surface area contributed by atoms with Crippen molar-refractivity contribution in [1.29, 1.82) is 0 Å². The second kappa shape index (κ2) is 15.8. The van der Waals surface area contributed by atoms with Crippen molar-refractivity contribution in [3.8, 4) is 22.4 Å². The summed E-state index contributed by atoms with van der Waals surface area (Å²) in [5.41, 5.74) is 7.55. The van der Waals surface area contributed by atoms with Crippen LogP contribution in [0.4, 0.5) is 5.69 Å². The molecule has 1 fully saturated rings. The molecule has 0 atom stereocenters. The van der Waals surface area contributed by atoms with E-state index in [1.807, 2.05) is 42.5 Å². The molecule has 0 aliphatic carbocycles. The van der Waals surface area contributed by atoms with Crippen molar-refractivity contribution < 1.29 is 21.6 Å². The fourth-order valence-electron chi connectivity index (χ4n) is 7.77. The maximum absolute atomic E-state index is 13.4. The zero-order chi connectivity index (χ0) is 38.2. The van der Waals surface area contributed by atoms with E-state index in [-0.39, 0.29) is 17.3 Å². The number of sulfonamides is 2. The molecule has 0 radical (unpaired) electrons. The van der Waals surface area contributed by atoms with Crippen molar-refractivity contribution in [2.45, 2.75) is 50.1 Å². The maximum atomic E-state index is 13.4. The van der Waals surface area contributed by atoms with Crippen molar-refractivity contribution in [2.24, 2.45) is 0 Å². The summed E-state index contributed by atoms with van der Waals surface area (Å²) < 4.78 is 55.5. The van der Waals surface area contributed by atoms with Gasteiger partial charge in [0, 0.05) is 98.4 Å². The third kappa shape index (κ3) is 8.10. The number of nitrogens with one attached hydrogen (secondary N) is 1. The van der Waals surface area contributed by atoms with Gasteiger partial charge in [0.1, 0.15) is 0 Å². The topological polar surface area (TPSA) is 128 Å². The van der Waals surface area contributed by atoms with E-state index in [1.165, 1.54) is 41.8 Å². The highest BCUT2D eigenvalue weighted by Crippen LogP contribution is 2.37. The van der Waals surface area contributed by atoms with Crippen LogP contribution in [0.15, 0.2) is 65.6 Å².